The Morgan fingerprint density at radius 1 is 1.11 bits per heavy atom. The standard InChI is InChI=1S/C21H24N4O3/c1-4-27-19-7-5-6-18(25-21(26)24(3)22-23-25)17(19)13-28-20-11-8-14(2)12-16(20)15-9-10-15/h5-8,11-12,15H,4,9-10,13H2,1-3H3. The minimum atomic E-state index is -0.316. The van der Waals surface area contributed by atoms with Gasteiger partial charge < -0.3 is 9.47 Å². The fraction of sp³-hybridized carbons (Fsp3) is 0.381. The maximum absolute atomic E-state index is 12.4. The normalized spacial score (nSPS) is 13.5. The molecule has 0 spiro atoms. The summed E-state index contributed by atoms with van der Waals surface area (Å²) in [5.74, 6) is 2.15. The van der Waals surface area contributed by atoms with Gasteiger partial charge in [0, 0.05) is 7.05 Å². The summed E-state index contributed by atoms with van der Waals surface area (Å²) in [6.45, 7) is 4.82. The number of hydrogen-bond donors (Lipinski definition) is 0. The van der Waals surface area contributed by atoms with Crippen LogP contribution in [-0.4, -0.2) is 26.4 Å². The molecule has 0 radical (unpaired) electrons. The van der Waals surface area contributed by atoms with E-state index in [0.29, 0.717) is 24.0 Å². The van der Waals surface area contributed by atoms with Crippen LogP contribution in [-0.2, 0) is 13.7 Å². The van der Waals surface area contributed by atoms with E-state index in [-0.39, 0.29) is 12.3 Å². The molecule has 1 aliphatic carbocycles. The molecule has 1 heterocycles. The first-order valence-corrected chi connectivity index (χ1v) is 9.56. The maximum atomic E-state index is 12.4. The van der Waals surface area contributed by atoms with Crippen molar-refractivity contribution in [3.05, 3.63) is 63.6 Å². The van der Waals surface area contributed by atoms with Gasteiger partial charge in [0.15, 0.2) is 0 Å². The average molecular weight is 380 g/mol. The SMILES string of the molecule is CCOc1cccc(-n2nnn(C)c2=O)c1COc1ccc(C)cc1C1CC1. The predicted octanol–water partition coefficient (Wildman–Crippen LogP) is 3.13. The highest BCUT2D eigenvalue weighted by Crippen LogP contribution is 2.45. The van der Waals surface area contributed by atoms with Gasteiger partial charge in [-0.25, -0.2) is 4.79 Å². The first-order valence-electron chi connectivity index (χ1n) is 9.56. The number of nitrogens with zero attached hydrogens (tertiary/aromatic N) is 4. The van der Waals surface area contributed by atoms with Crippen molar-refractivity contribution in [1.82, 2.24) is 19.8 Å². The minimum absolute atomic E-state index is 0.275. The molecule has 1 saturated carbocycles. The van der Waals surface area contributed by atoms with Crippen molar-refractivity contribution in [2.75, 3.05) is 6.61 Å². The number of tetrazole rings is 1. The zero-order chi connectivity index (χ0) is 19.7. The van der Waals surface area contributed by atoms with Crippen molar-refractivity contribution in [3.63, 3.8) is 0 Å². The molecule has 0 bridgehead atoms. The summed E-state index contributed by atoms with van der Waals surface area (Å²) >= 11 is 0. The van der Waals surface area contributed by atoms with Crippen LogP contribution in [0, 0.1) is 6.92 Å². The molecule has 0 amide bonds. The Morgan fingerprint density at radius 3 is 2.61 bits per heavy atom. The highest BCUT2D eigenvalue weighted by Gasteiger charge is 2.27. The van der Waals surface area contributed by atoms with E-state index in [1.807, 2.05) is 31.2 Å². The molecule has 1 aromatic heterocycles. The Labute approximate surface area is 163 Å². The lowest BCUT2D eigenvalue weighted by Gasteiger charge is -2.17. The van der Waals surface area contributed by atoms with Gasteiger partial charge in [-0.2, -0.15) is 9.36 Å². The van der Waals surface area contributed by atoms with Crippen molar-refractivity contribution in [1.29, 1.82) is 0 Å². The number of aromatic nitrogens is 4. The van der Waals surface area contributed by atoms with E-state index < -0.39 is 0 Å². The molecule has 7 nitrogen and oxygen atoms in total. The molecule has 3 aromatic rings. The Hall–Kier alpha value is -3.09. The van der Waals surface area contributed by atoms with Crippen molar-refractivity contribution in [3.8, 4) is 17.2 Å². The molecule has 1 fully saturated rings. The van der Waals surface area contributed by atoms with Crippen LogP contribution in [0.25, 0.3) is 5.69 Å². The molecule has 0 N–H and O–H groups in total. The van der Waals surface area contributed by atoms with Gasteiger partial charge in [0.1, 0.15) is 18.1 Å². The Kier molecular flexibility index (Phi) is 4.90. The minimum Gasteiger partial charge on any atom is -0.493 e. The van der Waals surface area contributed by atoms with Gasteiger partial charge in [0.25, 0.3) is 0 Å². The molecule has 146 valence electrons. The predicted molar refractivity (Wildman–Crippen MR) is 105 cm³/mol. The van der Waals surface area contributed by atoms with Crippen LogP contribution in [0.5, 0.6) is 11.5 Å². The topological polar surface area (TPSA) is 71.2 Å². The van der Waals surface area contributed by atoms with Crippen LogP contribution in [0.4, 0.5) is 0 Å². The smallest absolute Gasteiger partial charge is 0.368 e. The number of benzene rings is 2. The van der Waals surface area contributed by atoms with E-state index in [0.717, 1.165) is 11.3 Å². The van der Waals surface area contributed by atoms with Crippen LogP contribution in [0.15, 0.2) is 41.2 Å². The summed E-state index contributed by atoms with van der Waals surface area (Å²) in [4.78, 5) is 12.4. The van der Waals surface area contributed by atoms with Crippen LogP contribution in [0.3, 0.4) is 0 Å². The summed E-state index contributed by atoms with van der Waals surface area (Å²) < 4.78 is 14.5. The fourth-order valence-corrected chi connectivity index (χ4v) is 3.32. The molecule has 1 aliphatic rings. The lowest BCUT2D eigenvalue weighted by Crippen LogP contribution is -2.23. The summed E-state index contributed by atoms with van der Waals surface area (Å²) in [5.41, 5.74) is 3.56. The van der Waals surface area contributed by atoms with Gasteiger partial charge in [-0.05, 0) is 66.8 Å². The van der Waals surface area contributed by atoms with Gasteiger partial charge in [-0.1, -0.05) is 23.8 Å². The summed E-state index contributed by atoms with van der Waals surface area (Å²) in [7, 11) is 1.57. The van der Waals surface area contributed by atoms with Crippen LogP contribution in [0.2, 0.25) is 0 Å². The highest BCUT2D eigenvalue weighted by molar-refractivity contribution is 5.49. The Morgan fingerprint density at radius 2 is 1.93 bits per heavy atom. The first kappa shape index (κ1) is 18.3. The van der Waals surface area contributed by atoms with Gasteiger partial charge in [-0.15, -0.1) is 0 Å². The molecule has 0 atom stereocenters. The van der Waals surface area contributed by atoms with E-state index in [1.165, 1.54) is 33.3 Å². The second-order valence-corrected chi connectivity index (χ2v) is 7.09. The number of ether oxygens (including phenoxy) is 2. The second-order valence-electron chi connectivity index (χ2n) is 7.09. The molecule has 7 heteroatoms. The van der Waals surface area contributed by atoms with E-state index in [9.17, 15) is 4.79 Å². The van der Waals surface area contributed by atoms with Crippen LogP contribution >= 0.6 is 0 Å². The third kappa shape index (κ3) is 3.52. The third-order valence-electron chi connectivity index (χ3n) is 4.91. The quantitative estimate of drug-likeness (QED) is 0.630. The van der Waals surface area contributed by atoms with Crippen LogP contribution in [0.1, 0.15) is 42.4 Å². The Balaban J connectivity index is 1.71. The van der Waals surface area contributed by atoms with Crippen molar-refractivity contribution in [2.24, 2.45) is 7.05 Å². The molecular weight excluding hydrogens is 356 g/mol. The number of rotatable bonds is 7. The average Bonchev–Trinajstić information content (AvgIpc) is 3.48. The van der Waals surface area contributed by atoms with E-state index in [1.54, 1.807) is 7.05 Å². The molecule has 2 aromatic carbocycles. The van der Waals surface area contributed by atoms with Crippen LogP contribution < -0.4 is 15.2 Å². The zero-order valence-corrected chi connectivity index (χ0v) is 16.4. The van der Waals surface area contributed by atoms with E-state index >= 15 is 0 Å². The molecule has 4 rings (SSSR count). The fourth-order valence-electron chi connectivity index (χ4n) is 3.32. The number of hydrogen-bond acceptors (Lipinski definition) is 5. The summed E-state index contributed by atoms with van der Waals surface area (Å²) in [6, 6.07) is 11.8. The highest BCUT2D eigenvalue weighted by atomic mass is 16.5. The van der Waals surface area contributed by atoms with Gasteiger partial charge in [-0.3, -0.25) is 0 Å². The molecule has 0 aliphatic heterocycles. The van der Waals surface area contributed by atoms with Crippen molar-refractivity contribution < 1.29 is 9.47 Å². The summed E-state index contributed by atoms with van der Waals surface area (Å²) in [6.07, 6.45) is 2.41. The molecular formula is C21H24N4O3. The number of aryl methyl sites for hydroxylation is 2. The van der Waals surface area contributed by atoms with Gasteiger partial charge in [0.2, 0.25) is 0 Å². The molecule has 28 heavy (non-hydrogen) atoms. The first-order chi connectivity index (χ1) is 13.6. The maximum Gasteiger partial charge on any atom is 0.368 e. The molecule has 0 saturated heterocycles. The largest absolute Gasteiger partial charge is 0.493 e. The Bertz CT molecular complexity index is 1050. The second kappa shape index (κ2) is 7.50. The van der Waals surface area contributed by atoms with Gasteiger partial charge >= 0.3 is 5.69 Å². The monoisotopic (exact) mass is 380 g/mol. The van der Waals surface area contributed by atoms with Crippen molar-refractivity contribution in [2.45, 2.75) is 39.2 Å². The summed E-state index contributed by atoms with van der Waals surface area (Å²) in [5, 5.41) is 7.79. The van der Waals surface area contributed by atoms with Gasteiger partial charge in [0.05, 0.1) is 17.9 Å². The zero-order valence-electron chi connectivity index (χ0n) is 16.4. The van der Waals surface area contributed by atoms with E-state index in [4.69, 9.17) is 9.47 Å². The lowest BCUT2D eigenvalue weighted by atomic mass is 10.1. The molecule has 0 unspecified atom stereocenters. The van der Waals surface area contributed by atoms with Crippen molar-refractivity contribution >= 4 is 0 Å². The lowest BCUT2D eigenvalue weighted by molar-refractivity contribution is 0.283. The third-order valence-corrected chi connectivity index (χ3v) is 4.91. The van der Waals surface area contributed by atoms with E-state index in [2.05, 4.69) is 29.5 Å².